The van der Waals surface area contributed by atoms with Gasteiger partial charge in [0, 0.05) is 46.8 Å². The number of nitrogens with one attached hydrogen (secondary N) is 3. The van der Waals surface area contributed by atoms with E-state index in [1.165, 1.54) is 0 Å². The number of rotatable bonds is 11. The summed E-state index contributed by atoms with van der Waals surface area (Å²) < 4.78 is 29.2. The SMILES string of the molecule is C=S(=O)(NC(O)c1ccc(-n2nc(C(C)(C)C)cc2NC(=O)Nc2ccc(OCCN3CCOCC3)c3ccccc23)cc1)c1ccccc1. The Morgan fingerprint density at radius 1 is 0.960 bits per heavy atom. The van der Waals surface area contributed by atoms with E-state index >= 15 is 0 Å². The number of aliphatic hydroxyl groups excluding tert-OH is 1. The van der Waals surface area contributed by atoms with Gasteiger partial charge in [0.25, 0.3) is 0 Å². The van der Waals surface area contributed by atoms with Crippen molar-refractivity contribution >= 4 is 43.9 Å². The quantitative estimate of drug-likeness (QED) is 0.0993. The largest absolute Gasteiger partial charge is 0.492 e. The molecule has 12 heteroatoms. The van der Waals surface area contributed by atoms with Crippen LogP contribution in [0.5, 0.6) is 5.75 Å². The number of ether oxygens (including phenoxy) is 2. The second-order valence-corrected chi connectivity index (χ2v) is 15.3. The Morgan fingerprint density at radius 3 is 2.34 bits per heavy atom. The molecule has 2 atom stereocenters. The van der Waals surface area contributed by atoms with E-state index in [0.29, 0.717) is 34.3 Å². The van der Waals surface area contributed by atoms with Crippen LogP contribution in [0.1, 0.15) is 38.3 Å². The van der Waals surface area contributed by atoms with Crippen molar-refractivity contribution in [3.8, 4) is 11.4 Å². The average molecular weight is 697 g/mol. The maximum atomic E-state index is 13.5. The van der Waals surface area contributed by atoms with Gasteiger partial charge < -0.3 is 19.9 Å². The first kappa shape index (κ1) is 35.1. The number of fused-ring (bicyclic) bond motifs is 1. The fourth-order valence-corrected chi connectivity index (χ4v) is 6.90. The van der Waals surface area contributed by atoms with E-state index in [4.69, 9.17) is 14.6 Å². The van der Waals surface area contributed by atoms with Gasteiger partial charge in [-0.2, -0.15) is 5.10 Å². The molecule has 1 fully saturated rings. The number of hydrogen-bond acceptors (Lipinski definition) is 7. The first-order valence-corrected chi connectivity index (χ1v) is 18.3. The highest BCUT2D eigenvalue weighted by Crippen LogP contribution is 2.32. The van der Waals surface area contributed by atoms with E-state index in [2.05, 4.69) is 26.1 Å². The zero-order valence-electron chi connectivity index (χ0n) is 28.6. The van der Waals surface area contributed by atoms with Crippen LogP contribution in [0.2, 0.25) is 0 Å². The lowest BCUT2D eigenvalue weighted by molar-refractivity contribution is 0.0323. The van der Waals surface area contributed by atoms with Crippen molar-refractivity contribution in [2.75, 3.05) is 50.1 Å². The Hall–Kier alpha value is -4.72. The highest BCUT2D eigenvalue weighted by Gasteiger charge is 2.23. The highest BCUT2D eigenvalue weighted by molar-refractivity contribution is 7.98. The number of urea groups is 1. The van der Waals surface area contributed by atoms with Crippen LogP contribution in [0.3, 0.4) is 0 Å². The summed E-state index contributed by atoms with van der Waals surface area (Å²) in [6, 6.07) is 28.7. The van der Waals surface area contributed by atoms with Crippen molar-refractivity contribution in [2.24, 2.45) is 0 Å². The molecule has 2 heterocycles. The first-order valence-electron chi connectivity index (χ1n) is 16.6. The number of morpholine rings is 1. The molecule has 4 aromatic carbocycles. The molecular weight excluding hydrogens is 653 g/mol. The Balaban J connectivity index is 1.17. The molecule has 262 valence electrons. The number of anilines is 2. The monoisotopic (exact) mass is 696 g/mol. The number of benzene rings is 4. The molecule has 0 saturated carbocycles. The van der Waals surface area contributed by atoms with Crippen molar-refractivity contribution in [1.82, 2.24) is 19.4 Å². The summed E-state index contributed by atoms with van der Waals surface area (Å²) in [5, 5.41) is 23.4. The molecule has 1 saturated heterocycles. The van der Waals surface area contributed by atoms with Gasteiger partial charge >= 0.3 is 6.03 Å². The average Bonchev–Trinajstić information content (AvgIpc) is 3.54. The Kier molecular flexibility index (Phi) is 10.6. The van der Waals surface area contributed by atoms with Crippen molar-refractivity contribution in [1.29, 1.82) is 0 Å². The second kappa shape index (κ2) is 15.0. The zero-order chi connectivity index (χ0) is 35.3. The molecule has 0 bridgehead atoms. The fourth-order valence-electron chi connectivity index (χ4n) is 5.67. The van der Waals surface area contributed by atoms with Gasteiger partial charge in [-0.3, -0.25) is 10.2 Å². The number of aliphatic hydroxyl groups is 1. The minimum absolute atomic E-state index is 0.294. The lowest BCUT2D eigenvalue weighted by atomic mass is 9.92. The first-order chi connectivity index (χ1) is 24.0. The lowest BCUT2D eigenvalue weighted by Gasteiger charge is -2.26. The minimum atomic E-state index is -2.94. The van der Waals surface area contributed by atoms with Gasteiger partial charge in [-0.05, 0) is 47.8 Å². The summed E-state index contributed by atoms with van der Waals surface area (Å²) in [6.45, 7) is 10.8. The molecule has 6 rings (SSSR count). The molecule has 1 aromatic heterocycles. The van der Waals surface area contributed by atoms with Gasteiger partial charge in [-0.25, -0.2) is 18.4 Å². The predicted octanol–water partition coefficient (Wildman–Crippen LogP) is 5.95. The highest BCUT2D eigenvalue weighted by atomic mass is 32.2. The van der Waals surface area contributed by atoms with E-state index in [1.54, 1.807) is 53.2 Å². The van der Waals surface area contributed by atoms with Crippen LogP contribution in [0, 0.1) is 0 Å². The number of hydrogen-bond donors (Lipinski definition) is 4. The van der Waals surface area contributed by atoms with Crippen LogP contribution >= 0.6 is 0 Å². The van der Waals surface area contributed by atoms with Crippen LogP contribution in [0.15, 0.2) is 102 Å². The third-order valence-electron chi connectivity index (χ3n) is 8.50. The number of carbonyl (C=O) groups excluding carboxylic acids is 1. The molecule has 1 aliphatic heterocycles. The predicted molar refractivity (Wildman–Crippen MR) is 200 cm³/mol. The minimum Gasteiger partial charge on any atom is -0.492 e. The van der Waals surface area contributed by atoms with Crippen LogP contribution in [-0.2, 0) is 19.9 Å². The third-order valence-corrected chi connectivity index (χ3v) is 10.1. The third kappa shape index (κ3) is 8.35. The van der Waals surface area contributed by atoms with Crippen molar-refractivity contribution in [3.63, 3.8) is 0 Å². The Morgan fingerprint density at radius 2 is 1.64 bits per heavy atom. The maximum Gasteiger partial charge on any atom is 0.324 e. The summed E-state index contributed by atoms with van der Waals surface area (Å²) in [6.07, 6.45) is -1.23. The van der Waals surface area contributed by atoms with Gasteiger partial charge in [-0.1, -0.05) is 75.4 Å². The van der Waals surface area contributed by atoms with Gasteiger partial charge in [0.05, 0.1) is 40.0 Å². The summed E-state index contributed by atoms with van der Waals surface area (Å²) >= 11 is 0. The van der Waals surface area contributed by atoms with Crippen LogP contribution in [0.4, 0.5) is 16.3 Å². The number of carbonyl (C=O) groups is 1. The number of nitrogens with zero attached hydrogens (tertiary/aromatic N) is 3. The number of aromatic nitrogens is 2. The molecule has 0 aliphatic carbocycles. The molecule has 2 amide bonds. The van der Waals surface area contributed by atoms with Gasteiger partial charge in [-0.15, -0.1) is 0 Å². The van der Waals surface area contributed by atoms with E-state index in [-0.39, 0.29) is 5.41 Å². The molecule has 0 spiro atoms. The smallest absolute Gasteiger partial charge is 0.324 e. The van der Waals surface area contributed by atoms with E-state index in [0.717, 1.165) is 55.1 Å². The molecule has 0 radical (unpaired) electrons. The Labute approximate surface area is 293 Å². The molecule has 1 aliphatic rings. The summed E-state index contributed by atoms with van der Waals surface area (Å²) in [7, 11) is -2.94. The van der Waals surface area contributed by atoms with Gasteiger partial charge in [0.2, 0.25) is 0 Å². The molecule has 11 nitrogen and oxygen atoms in total. The van der Waals surface area contributed by atoms with Crippen LogP contribution in [0.25, 0.3) is 16.5 Å². The topological polar surface area (TPSA) is 130 Å². The summed E-state index contributed by atoms with van der Waals surface area (Å²) in [5.74, 6) is 5.03. The maximum absolute atomic E-state index is 13.5. The van der Waals surface area contributed by atoms with E-state index in [1.807, 2.05) is 69.3 Å². The van der Waals surface area contributed by atoms with Crippen molar-refractivity contribution < 1.29 is 23.6 Å². The van der Waals surface area contributed by atoms with E-state index in [9.17, 15) is 14.1 Å². The number of amides is 2. The molecule has 4 N–H and O–H groups in total. The lowest BCUT2D eigenvalue weighted by Crippen LogP contribution is -2.38. The molecule has 50 heavy (non-hydrogen) atoms. The molecular formula is C38H44N6O5S. The molecule has 2 unspecified atom stereocenters. The van der Waals surface area contributed by atoms with Crippen molar-refractivity contribution in [3.05, 3.63) is 108 Å². The second-order valence-electron chi connectivity index (χ2n) is 13.2. The normalized spacial score (nSPS) is 15.7. The van der Waals surface area contributed by atoms with Gasteiger partial charge in [0.15, 0.2) is 0 Å². The van der Waals surface area contributed by atoms with Crippen molar-refractivity contribution in [2.45, 2.75) is 37.3 Å². The fraction of sp³-hybridized carbons (Fsp3) is 0.289. The summed E-state index contributed by atoms with van der Waals surface area (Å²) in [4.78, 5) is 16.3. The van der Waals surface area contributed by atoms with E-state index < -0.39 is 22.0 Å². The standard InChI is InChI=1S/C38H44N6O5S/c1-38(2,3)34-26-35(44(41-34)28-16-14-27(15-17-28)36(45)42-50(4,47)29-10-6-5-7-11-29)40-37(46)39-32-18-19-33(31-13-9-8-12-30(31)32)49-25-22-43-20-23-48-24-21-43/h5-19,26,36,45H,4,20-25H2,1-3H3,(H,42,47)(H2,39,40,46). The zero-order valence-corrected chi connectivity index (χ0v) is 29.4. The molecule has 5 aromatic rings. The van der Waals surface area contributed by atoms with Crippen LogP contribution < -0.4 is 20.1 Å². The van der Waals surface area contributed by atoms with Crippen LogP contribution in [-0.4, -0.2) is 75.4 Å². The van der Waals surface area contributed by atoms with Gasteiger partial charge in [0.1, 0.15) is 24.4 Å². The Bertz CT molecular complexity index is 2040. The summed E-state index contributed by atoms with van der Waals surface area (Å²) in [5.41, 5.74) is 2.29.